The van der Waals surface area contributed by atoms with Gasteiger partial charge in [0.1, 0.15) is 17.7 Å². The molecule has 1 aromatic carbocycles. The second kappa shape index (κ2) is 3.86. The monoisotopic (exact) mass is 285 g/mol. The second-order valence-corrected chi connectivity index (χ2v) is 4.36. The molecule has 1 atom stereocenters. The van der Waals surface area contributed by atoms with Crippen molar-refractivity contribution in [1.29, 1.82) is 0 Å². The number of amides is 2. The van der Waals surface area contributed by atoms with Crippen LogP contribution in [0.1, 0.15) is 11.6 Å². The van der Waals surface area contributed by atoms with Crippen molar-refractivity contribution >= 4 is 27.8 Å². The molecule has 2 rings (SSSR count). The van der Waals surface area contributed by atoms with Crippen LogP contribution in [0.25, 0.3) is 0 Å². The Bertz CT molecular complexity index is 489. The van der Waals surface area contributed by atoms with Gasteiger partial charge in [-0.15, -0.1) is 0 Å². The van der Waals surface area contributed by atoms with Gasteiger partial charge in [-0.1, -0.05) is 6.07 Å². The molecule has 1 aliphatic heterocycles. The molecule has 0 spiro atoms. The van der Waals surface area contributed by atoms with Crippen molar-refractivity contribution in [2.24, 2.45) is 10.7 Å². The highest BCUT2D eigenvalue weighted by Gasteiger charge is 2.31. The number of rotatable bonds is 1. The summed E-state index contributed by atoms with van der Waals surface area (Å²) in [4.78, 5) is 16.3. The predicted octanol–water partition coefficient (Wildman–Crippen LogP) is 2.05. The summed E-state index contributed by atoms with van der Waals surface area (Å²) in [6.07, 6.45) is 0. The van der Waals surface area contributed by atoms with Crippen molar-refractivity contribution in [3.8, 4) is 0 Å². The Morgan fingerprint density at radius 1 is 1.56 bits per heavy atom. The lowest BCUT2D eigenvalue weighted by atomic mass is 10.1. The first-order chi connectivity index (χ1) is 7.50. The summed E-state index contributed by atoms with van der Waals surface area (Å²) in [5, 5.41) is 0. The SMILES string of the molecule is CN1C(=O)N=C(N)C1c1ccc(Br)c(F)c1. The van der Waals surface area contributed by atoms with Gasteiger partial charge in [-0.05, 0) is 33.6 Å². The van der Waals surface area contributed by atoms with Gasteiger partial charge in [-0.3, -0.25) is 0 Å². The molecule has 0 radical (unpaired) electrons. The van der Waals surface area contributed by atoms with E-state index in [0.717, 1.165) is 0 Å². The number of halogens is 2. The van der Waals surface area contributed by atoms with E-state index in [2.05, 4.69) is 20.9 Å². The Labute approximate surface area is 100 Å². The summed E-state index contributed by atoms with van der Waals surface area (Å²) >= 11 is 3.06. The fraction of sp³-hybridized carbons (Fsp3) is 0.200. The van der Waals surface area contributed by atoms with E-state index in [0.29, 0.717) is 10.0 Å². The fourth-order valence-electron chi connectivity index (χ4n) is 1.64. The molecule has 0 saturated heterocycles. The molecule has 84 valence electrons. The van der Waals surface area contributed by atoms with E-state index < -0.39 is 17.9 Å². The first kappa shape index (κ1) is 11.1. The lowest BCUT2D eigenvalue weighted by Crippen LogP contribution is -2.30. The maximum atomic E-state index is 13.4. The van der Waals surface area contributed by atoms with Gasteiger partial charge in [0.05, 0.1) is 4.47 Å². The topological polar surface area (TPSA) is 58.7 Å². The average molecular weight is 286 g/mol. The van der Waals surface area contributed by atoms with Crippen LogP contribution in [0, 0.1) is 5.82 Å². The smallest absolute Gasteiger partial charge is 0.345 e. The molecule has 1 aromatic rings. The molecule has 1 heterocycles. The molecule has 2 N–H and O–H groups in total. The maximum absolute atomic E-state index is 13.4. The molecule has 0 aromatic heterocycles. The van der Waals surface area contributed by atoms with Gasteiger partial charge < -0.3 is 10.6 Å². The van der Waals surface area contributed by atoms with Gasteiger partial charge in [0.2, 0.25) is 0 Å². The highest BCUT2D eigenvalue weighted by atomic mass is 79.9. The Morgan fingerprint density at radius 3 is 2.75 bits per heavy atom. The molecular weight excluding hydrogens is 277 g/mol. The maximum Gasteiger partial charge on any atom is 0.345 e. The van der Waals surface area contributed by atoms with Gasteiger partial charge in [0.25, 0.3) is 0 Å². The Balaban J connectivity index is 2.42. The normalized spacial score (nSPS) is 20.2. The lowest BCUT2D eigenvalue weighted by molar-refractivity contribution is 0.218. The van der Waals surface area contributed by atoms with Gasteiger partial charge in [0.15, 0.2) is 0 Å². The summed E-state index contributed by atoms with van der Waals surface area (Å²) < 4.78 is 13.7. The molecule has 16 heavy (non-hydrogen) atoms. The summed E-state index contributed by atoms with van der Waals surface area (Å²) in [5.74, 6) is -0.202. The molecule has 1 aliphatic rings. The number of nitrogens with two attached hydrogens (primary N) is 1. The standard InChI is InChI=1S/C10H9BrFN3O/c1-15-8(9(13)14-10(15)16)5-2-3-6(11)7(12)4-5/h2-4,8H,1H3,(H2,13,14,16). The van der Waals surface area contributed by atoms with Gasteiger partial charge in [0, 0.05) is 7.05 Å². The minimum Gasteiger partial charge on any atom is -0.385 e. The number of amidine groups is 1. The van der Waals surface area contributed by atoms with E-state index >= 15 is 0 Å². The summed E-state index contributed by atoms with van der Waals surface area (Å²) in [6, 6.07) is 3.73. The van der Waals surface area contributed by atoms with Crippen LogP contribution in [0.15, 0.2) is 27.7 Å². The number of hydrogen-bond acceptors (Lipinski definition) is 2. The minimum absolute atomic E-state index is 0.189. The molecule has 6 heteroatoms. The zero-order valence-corrected chi connectivity index (χ0v) is 10.0. The van der Waals surface area contributed by atoms with E-state index in [9.17, 15) is 9.18 Å². The van der Waals surface area contributed by atoms with Crippen LogP contribution < -0.4 is 5.73 Å². The van der Waals surface area contributed by atoms with Crippen LogP contribution in [0.4, 0.5) is 9.18 Å². The largest absolute Gasteiger partial charge is 0.385 e. The number of nitrogens with zero attached hydrogens (tertiary/aromatic N) is 2. The van der Waals surface area contributed by atoms with Crippen LogP contribution in [0.3, 0.4) is 0 Å². The van der Waals surface area contributed by atoms with Crippen LogP contribution in [0.5, 0.6) is 0 Å². The number of carbonyl (C=O) groups is 1. The fourth-order valence-corrected chi connectivity index (χ4v) is 1.88. The van der Waals surface area contributed by atoms with Crippen molar-refractivity contribution < 1.29 is 9.18 Å². The molecule has 0 bridgehead atoms. The second-order valence-electron chi connectivity index (χ2n) is 3.51. The van der Waals surface area contributed by atoms with Crippen LogP contribution in [0.2, 0.25) is 0 Å². The molecular formula is C10H9BrFN3O. The van der Waals surface area contributed by atoms with Crippen molar-refractivity contribution in [1.82, 2.24) is 4.90 Å². The number of hydrogen-bond donors (Lipinski definition) is 1. The van der Waals surface area contributed by atoms with E-state index in [4.69, 9.17) is 5.73 Å². The third-order valence-corrected chi connectivity index (χ3v) is 3.10. The molecule has 1 unspecified atom stereocenters. The summed E-state index contributed by atoms with van der Waals surface area (Å²) in [7, 11) is 1.58. The molecule has 0 fully saturated rings. The number of urea groups is 1. The number of carbonyl (C=O) groups excluding carboxylic acids is 1. The first-order valence-corrected chi connectivity index (χ1v) is 5.36. The van der Waals surface area contributed by atoms with Crippen molar-refractivity contribution in [3.05, 3.63) is 34.1 Å². The Hall–Kier alpha value is -1.43. The van der Waals surface area contributed by atoms with E-state index in [1.54, 1.807) is 19.2 Å². The van der Waals surface area contributed by atoms with E-state index in [1.165, 1.54) is 11.0 Å². The van der Waals surface area contributed by atoms with Crippen LogP contribution in [-0.2, 0) is 0 Å². The zero-order chi connectivity index (χ0) is 11.9. The third-order valence-electron chi connectivity index (χ3n) is 2.45. The lowest BCUT2D eigenvalue weighted by Gasteiger charge is -2.19. The highest BCUT2D eigenvalue weighted by Crippen LogP contribution is 2.27. The third kappa shape index (κ3) is 1.69. The predicted molar refractivity (Wildman–Crippen MR) is 61.6 cm³/mol. The van der Waals surface area contributed by atoms with Crippen LogP contribution in [-0.4, -0.2) is 23.8 Å². The van der Waals surface area contributed by atoms with E-state index in [-0.39, 0.29) is 5.84 Å². The quantitative estimate of drug-likeness (QED) is 0.859. The zero-order valence-electron chi connectivity index (χ0n) is 8.45. The van der Waals surface area contributed by atoms with Gasteiger partial charge in [-0.25, -0.2) is 9.18 Å². The molecule has 2 amide bonds. The minimum atomic E-state index is -0.477. The average Bonchev–Trinajstić information content (AvgIpc) is 2.47. The first-order valence-electron chi connectivity index (χ1n) is 4.56. The highest BCUT2D eigenvalue weighted by molar-refractivity contribution is 9.10. The van der Waals surface area contributed by atoms with E-state index in [1.807, 2.05) is 0 Å². The van der Waals surface area contributed by atoms with Crippen molar-refractivity contribution in [2.75, 3.05) is 7.05 Å². The Kier molecular flexibility index (Phi) is 2.67. The van der Waals surface area contributed by atoms with Crippen molar-refractivity contribution in [2.45, 2.75) is 6.04 Å². The van der Waals surface area contributed by atoms with Crippen LogP contribution >= 0.6 is 15.9 Å². The molecule has 0 aliphatic carbocycles. The Morgan fingerprint density at radius 2 is 2.25 bits per heavy atom. The molecule has 0 saturated carbocycles. The summed E-state index contributed by atoms with van der Waals surface area (Å²) in [6.45, 7) is 0. The summed E-state index contributed by atoms with van der Waals surface area (Å²) in [5.41, 5.74) is 6.24. The van der Waals surface area contributed by atoms with Gasteiger partial charge in [-0.2, -0.15) is 4.99 Å². The molecule has 4 nitrogen and oxygen atoms in total. The number of aliphatic imine (C=N–C) groups is 1. The van der Waals surface area contributed by atoms with Gasteiger partial charge >= 0.3 is 6.03 Å². The number of benzene rings is 1. The number of likely N-dealkylation sites (N-methyl/N-ethyl adjacent to an activating group) is 1. The van der Waals surface area contributed by atoms with Crippen molar-refractivity contribution in [3.63, 3.8) is 0 Å².